The number of hydrogen-bond donors (Lipinski definition) is 1. The van der Waals surface area contributed by atoms with E-state index in [0.717, 1.165) is 11.8 Å². The highest BCUT2D eigenvalue weighted by Gasteiger charge is 2.40. The highest BCUT2D eigenvalue weighted by atomic mass is 15.2. The van der Waals surface area contributed by atoms with Crippen molar-refractivity contribution < 1.29 is 0 Å². The Kier molecular flexibility index (Phi) is 4.92. The van der Waals surface area contributed by atoms with E-state index in [4.69, 9.17) is 5.73 Å². The average Bonchev–Trinajstić information content (AvgIpc) is 3.05. The quantitative estimate of drug-likeness (QED) is 0.864. The van der Waals surface area contributed by atoms with Crippen LogP contribution in [0.15, 0.2) is 0 Å². The third kappa shape index (κ3) is 3.80. The van der Waals surface area contributed by atoms with Gasteiger partial charge in [-0.3, -0.25) is 0 Å². The summed E-state index contributed by atoms with van der Waals surface area (Å²) in [6.45, 7) is 12.6. The van der Waals surface area contributed by atoms with Crippen molar-refractivity contribution in [3.8, 4) is 0 Å². The first-order valence-corrected chi connectivity index (χ1v) is 9.25. The Morgan fingerprint density at radius 2 is 1.52 bits per heavy atom. The number of hydrogen-bond acceptors (Lipinski definition) is 3. The molecule has 0 bridgehead atoms. The summed E-state index contributed by atoms with van der Waals surface area (Å²) in [5.41, 5.74) is 6.84. The van der Waals surface area contributed by atoms with E-state index >= 15 is 0 Å². The van der Waals surface area contributed by atoms with Crippen LogP contribution in [0.25, 0.3) is 0 Å². The van der Waals surface area contributed by atoms with Gasteiger partial charge >= 0.3 is 0 Å². The maximum absolute atomic E-state index is 6.48. The summed E-state index contributed by atoms with van der Waals surface area (Å²) in [5, 5.41) is 0. The molecule has 2 saturated heterocycles. The van der Waals surface area contributed by atoms with Gasteiger partial charge in [0.05, 0.1) is 0 Å². The Labute approximate surface area is 131 Å². The van der Waals surface area contributed by atoms with Crippen molar-refractivity contribution >= 4 is 0 Å². The predicted octanol–water partition coefficient (Wildman–Crippen LogP) is 2.56. The Bertz CT molecular complexity index is 327. The van der Waals surface area contributed by atoms with Crippen LogP contribution in [0.1, 0.15) is 52.4 Å². The zero-order chi connectivity index (χ0) is 14.9. The zero-order valence-electron chi connectivity index (χ0n) is 14.2. The summed E-state index contributed by atoms with van der Waals surface area (Å²) >= 11 is 0. The molecule has 2 aliphatic heterocycles. The minimum Gasteiger partial charge on any atom is -0.327 e. The summed E-state index contributed by atoms with van der Waals surface area (Å²) in [7, 11) is 0. The van der Waals surface area contributed by atoms with E-state index in [-0.39, 0.29) is 0 Å². The van der Waals surface area contributed by atoms with Crippen molar-refractivity contribution in [2.75, 3.05) is 39.3 Å². The predicted molar refractivity (Wildman–Crippen MR) is 89.3 cm³/mol. The first-order valence-electron chi connectivity index (χ1n) is 9.25. The second-order valence-electron chi connectivity index (χ2n) is 8.56. The van der Waals surface area contributed by atoms with Gasteiger partial charge in [0.25, 0.3) is 0 Å². The van der Waals surface area contributed by atoms with Crippen LogP contribution in [-0.4, -0.2) is 55.1 Å². The number of rotatable bonds is 4. The smallest absolute Gasteiger partial charge is 0.0131 e. The van der Waals surface area contributed by atoms with E-state index in [1.54, 1.807) is 0 Å². The van der Waals surface area contributed by atoms with E-state index in [1.165, 1.54) is 77.8 Å². The van der Waals surface area contributed by atoms with Crippen LogP contribution in [0.4, 0.5) is 0 Å². The van der Waals surface area contributed by atoms with E-state index in [2.05, 4.69) is 23.6 Å². The molecule has 3 rings (SSSR count). The molecule has 1 aliphatic carbocycles. The second-order valence-corrected chi connectivity index (χ2v) is 8.56. The molecule has 0 aromatic heterocycles. The highest BCUT2D eigenvalue weighted by molar-refractivity contribution is 4.95. The standard InChI is InChI=1S/C18H35N3/c1-18(2)8-5-16(17(18)19)14-21-11-6-15(7-12-21)13-20-9-3-4-10-20/h15-17H,3-14,19H2,1-2H3. The Hall–Kier alpha value is -0.120. The molecule has 0 aromatic carbocycles. The van der Waals surface area contributed by atoms with Gasteiger partial charge in [0, 0.05) is 19.1 Å². The van der Waals surface area contributed by atoms with Crippen LogP contribution in [0.2, 0.25) is 0 Å². The molecule has 2 heterocycles. The largest absolute Gasteiger partial charge is 0.327 e. The number of nitrogens with zero attached hydrogens (tertiary/aromatic N) is 2. The Morgan fingerprint density at radius 1 is 0.905 bits per heavy atom. The van der Waals surface area contributed by atoms with Crippen molar-refractivity contribution in [1.82, 2.24) is 9.80 Å². The number of nitrogens with two attached hydrogens (primary N) is 1. The van der Waals surface area contributed by atoms with Crippen LogP contribution in [-0.2, 0) is 0 Å². The molecule has 3 fully saturated rings. The molecule has 3 heteroatoms. The average molecular weight is 293 g/mol. The van der Waals surface area contributed by atoms with Crippen LogP contribution < -0.4 is 5.73 Å². The molecule has 122 valence electrons. The molecule has 1 saturated carbocycles. The summed E-state index contributed by atoms with van der Waals surface area (Å²) < 4.78 is 0. The Balaban J connectivity index is 1.39. The van der Waals surface area contributed by atoms with Crippen molar-refractivity contribution in [2.24, 2.45) is 23.0 Å². The molecular weight excluding hydrogens is 258 g/mol. The molecular formula is C18H35N3. The Morgan fingerprint density at radius 3 is 2.10 bits per heavy atom. The van der Waals surface area contributed by atoms with Crippen molar-refractivity contribution in [1.29, 1.82) is 0 Å². The lowest BCUT2D eigenvalue weighted by molar-refractivity contribution is 0.131. The molecule has 0 amide bonds. The summed E-state index contributed by atoms with van der Waals surface area (Å²) in [4.78, 5) is 5.39. The zero-order valence-corrected chi connectivity index (χ0v) is 14.2. The first-order chi connectivity index (χ1) is 10.0. The lowest BCUT2D eigenvalue weighted by atomic mass is 9.85. The fourth-order valence-corrected chi connectivity index (χ4v) is 4.76. The summed E-state index contributed by atoms with van der Waals surface area (Å²) in [5.74, 6) is 1.68. The molecule has 0 spiro atoms. The number of likely N-dealkylation sites (tertiary alicyclic amines) is 2. The van der Waals surface area contributed by atoms with Gasteiger partial charge in [0.1, 0.15) is 0 Å². The van der Waals surface area contributed by atoms with Crippen LogP contribution in [0, 0.1) is 17.3 Å². The maximum Gasteiger partial charge on any atom is 0.0131 e. The SMILES string of the molecule is CC1(C)CCC(CN2CCC(CN3CCCC3)CC2)C1N. The molecule has 0 aromatic rings. The fraction of sp³-hybridized carbons (Fsp3) is 1.00. The van der Waals surface area contributed by atoms with Gasteiger partial charge < -0.3 is 15.5 Å². The summed E-state index contributed by atoms with van der Waals surface area (Å²) in [6, 6.07) is 0.403. The summed E-state index contributed by atoms with van der Waals surface area (Å²) in [6.07, 6.45) is 8.30. The van der Waals surface area contributed by atoms with E-state index in [0.29, 0.717) is 11.5 Å². The van der Waals surface area contributed by atoms with Crippen LogP contribution >= 0.6 is 0 Å². The molecule has 3 nitrogen and oxygen atoms in total. The maximum atomic E-state index is 6.48. The lowest BCUT2D eigenvalue weighted by Crippen LogP contribution is -2.45. The van der Waals surface area contributed by atoms with Gasteiger partial charge in [0.2, 0.25) is 0 Å². The molecule has 0 radical (unpaired) electrons. The molecule has 2 atom stereocenters. The monoisotopic (exact) mass is 293 g/mol. The van der Waals surface area contributed by atoms with Crippen molar-refractivity contribution in [3.05, 3.63) is 0 Å². The van der Waals surface area contributed by atoms with Gasteiger partial charge in [-0.15, -0.1) is 0 Å². The van der Waals surface area contributed by atoms with E-state index in [1.807, 2.05) is 0 Å². The van der Waals surface area contributed by atoms with Gasteiger partial charge in [-0.05, 0) is 82.0 Å². The van der Waals surface area contributed by atoms with Crippen LogP contribution in [0.3, 0.4) is 0 Å². The molecule has 3 aliphatic rings. The minimum absolute atomic E-state index is 0.360. The normalized spacial score (nSPS) is 35.6. The minimum atomic E-state index is 0.360. The van der Waals surface area contributed by atoms with Crippen LogP contribution in [0.5, 0.6) is 0 Å². The second kappa shape index (κ2) is 6.55. The van der Waals surface area contributed by atoms with Crippen molar-refractivity contribution in [3.63, 3.8) is 0 Å². The van der Waals surface area contributed by atoms with E-state index in [9.17, 15) is 0 Å². The third-order valence-electron chi connectivity index (χ3n) is 6.48. The van der Waals surface area contributed by atoms with Gasteiger partial charge in [-0.25, -0.2) is 0 Å². The first kappa shape index (κ1) is 15.8. The van der Waals surface area contributed by atoms with Crippen molar-refractivity contribution in [2.45, 2.75) is 58.4 Å². The fourth-order valence-electron chi connectivity index (χ4n) is 4.76. The highest BCUT2D eigenvalue weighted by Crippen LogP contribution is 2.40. The van der Waals surface area contributed by atoms with Gasteiger partial charge in [0.15, 0.2) is 0 Å². The topological polar surface area (TPSA) is 32.5 Å². The number of piperidine rings is 1. The molecule has 2 N–H and O–H groups in total. The van der Waals surface area contributed by atoms with Gasteiger partial charge in [-0.2, -0.15) is 0 Å². The molecule has 2 unspecified atom stereocenters. The molecule has 21 heavy (non-hydrogen) atoms. The van der Waals surface area contributed by atoms with Gasteiger partial charge in [-0.1, -0.05) is 13.8 Å². The lowest BCUT2D eigenvalue weighted by Gasteiger charge is -2.36. The van der Waals surface area contributed by atoms with E-state index < -0.39 is 0 Å². The third-order valence-corrected chi connectivity index (χ3v) is 6.48.